The molecule has 0 atom stereocenters. The Bertz CT molecular complexity index is 1000. The van der Waals surface area contributed by atoms with Gasteiger partial charge in [0, 0.05) is 12.1 Å². The van der Waals surface area contributed by atoms with E-state index in [1.165, 1.54) is 0 Å². The van der Waals surface area contributed by atoms with Crippen molar-refractivity contribution in [1.29, 1.82) is 0 Å². The number of carbonyl (C=O) groups excluding carboxylic acids is 1. The number of nitrogens with zero attached hydrogens (tertiary/aromatic N) is 3. The molecule has 0 aliphatic rings. The summed E-state index contributed by atoms with van der Waals surface area (Å²) in [5, 5.41) is 4.02. The second kappa shape index (κ2) is 9.78. The molecule has 2 aromatic carbocycles. The van der Waals surface area contributed by atoms with Crippen LogP contribution in [0.25, 0.3) is 11.4 Å². The van der Waals surface area contributed by atoms with Crippen molar-refractivity contribution in [2.24, 2.45) is 0 Å². The maximum atomic E-state index is 12.5. The fraction of sp³-hybridized carbons (Fsp3) is 0.318. The first-order valence-corrected chi connectivity index (χ1v) is 9.56. The molecular weight excluding hydrogens is 386 g/mol. The van der Waals surface area contributed by atoms with Crippen LogP contribution in [0.4, 0.5) is 0 Å². The number of hydrogen-bond donors (Lipinski definition) is 0. The van der Waals surface area contributed by atoms with E-state index in [-0.39, 0.29) is 19.1 Å². The van der Waals surface area contributed by atoms with E-state index in [4.69, 9.17) is 18.7 Å². The van der Waals surface area contributed by atoms with Crippen LogP contribution in [-0.4, -0.2) is 48.3 Å². The molecule has 1 aromatic heterocycles. The van der Waals surface area contributed by atoms with E-state index in [1.54, 1.807) is 31.3 Å². The fourth-order valence-corrected chi connectivity index (χ4v) is 2.89. The van der Waals surface area contributed by atoms with Gasteiger partial charge >= 0.3 is 0 Å². The van der Waals surface area contributed by atoms with Gasteiger partial charge in [-0.25, -0.2) is 0 Å². The van der Waals surface area contributed by atoms with E-state index in [2.05, 4.69) is 10.1 Å². The smallest absolute Gasteiger partial charge is 0.260 e. The molecule has 0 saturated carbocycles. The van der Waals surface area contributed by atoms with Crippen LogP contribution in [-0.2, 0) is 11.3 Å². The van der Waals surface area contributed by atoms with Gasteiger partial charge in [-0.2, -0.15) is 4.98 Å². The Hall–Kier alpha value is -3.55. The Labute approximate surface area is 175 Å². The molecule has 0 aliphatic carbocycles. The summed E-state index contributed by atoms with van der Waals surface area (Å²) < 4.78 is 21.5. The van der Waals surface area contributed by atoms with Crippen molar-refractivity contribution >= 4 is 5.91 Å². The van der Waals surface area contributed by atoms with Crippen LogP contribution in [0.2, 0.25) is 0 Å². The van der Waals surface area contributed by atoms with Crippen LogP contribution < -0.4 is 14.2 Å². The number of aromatic nitrogens is 2. The zero-order chi connectivity index (χ0) is 21.5. The van der Waals surface area contributed by atoms with Gasteiger partial charge in [0.2, 0.25) is 11.7 Å². The molecule has 3 aromatic rings. The molecule has 158 valence electrons. The molecule has 0 bridgehead atoms. The van der Waals surface area contributed by atoms with Crippen molar-refractivity contribution in [3.05, 3.63) is 53.9 Å². The van der Waals surface area contributed by atoms with Gasteiger partial charge in [0.25, 0.3) is 5.91 Å². The number of amides is 1. The second-order valence-corrected chi connectivity index (χ2v) is 6.59. The fourth-order valence-electron chi connectivity index (χ4n) is 2.89. The lowest BCUT2D eigenvalue weighted by Gasteiger charge is -2.19. The summed E-state index contributed by atoms with van der Waals surface area (Å²) >= 11 is 0. The van der Waals surface area contributed by atoms with Crippen LogP contribution in [0.3, 0.4) is 0 Å². The minimum atomic E-state index is -0.162. The summed E-state index contributed by atoms with van der Waals surface area (Å²) in [6, 6.07) is 12.9. The molecule has 30 heavy (non-hydrogen) atoms. The highest BCUT2D eigenvalue weighted by molar-refractivity contribution is 5.77. The van der Waals surface area contributed by atoms with Gasteiger partial charge in [-0.1, -0.05) is 17.3 Å². The van der Waals surface area contributed by atoms with Gasteiger partial charge in [0.1, 0.15) is 12.3 Å². The number of hydrogen-bond acceptors (Lipinski definition) is 7. The lowest BCUT2D eigenvalue weighted by molar-refractivity contribution is -0.134. The molecule has 0 unspecified atom stereocenters. The molecule has 0 fully saturated rings. The van der Waals surface area contributed by atoms with Gasteiger partial charge in [-0.3, -0.25) is 4.79 Å². The van der Waals surface area contributed by atoms with Gasteiger partial charge in [0.05, 0.1) is 14.2 Å². The average Bonchev–Trinajstić information content (AvgIpc) is 3.24. The first-order chi connectivity index (χ1) is 14.5. The third-order valence-electron chi connectivity index (χ3n) is 4.52. The van der Waals surface area contributed by atoms with Gasteiger partial charge in [-0.15, -0.1) is 0 Å². The Morgan fingerprint density at radius 1 is 1.10 bits per heavy atom. The van der Waals surface area contributed by atoms with E-state index < -0.39 is 0 Å². The maximum absolute atomic E-state index is 12.5. The van der Waals surface area contributed by atoms with Gasteiger partial charge < -0.3 is 23.6 Å². The standard InChI is InChI=1S/C22H25N3O5/c1-5-25(21(26)14-29-17-8-6-7-15(2)11-17)13-20-23-22(24-30-20)16-9-10-18(27-3)19(12-16)28-4/h6-12H,5,13-14H2,1-4H3. The Kier molecular flexibility index (Phi) is 6.90. The highest BCUT2D eigenvalue weighted by Gasteiger charge is 2.18. The second-order valence-electron chi connectivity index (χ2n) is 6.59. The van der Waals surface area contributed by atoms with E-state index >= 15 is 0 Å². The Balaban J connectivity index is 1.65. The normalized spacial score (nSPS) is 10.5. The quantitative estimate of drug-likeness (QED) is 0.533. The third-order valence-corrected chi connectivity index (χ3v) is 4.52. The van der Waals surface area contributed by atoms with Crippen molar-refractivity contribution in [2.75, 3.05) is 27.4 Å². The van der Waals surface area contributed by atoms with Crippen LogP contribution in [0.5, 0.6) is 17.2 Å². The number of ether oxygens (including phenoxy) is 3. The first kappa shape index (κ1) is 21.2. The first-order valence-electron chi connectivity index (χ1n) is 9.56. The minimum absolute atomic E-state index is 0.0615. The number of benzene rings is 2. The lowest BCUT2D eigenvalue weighted by Crippen LogP contribution is -2.34. The zero-order valence-corrected chi connectivity index (χ0v) is 17.5. The molecule has 0 radical (unpaired) electrons. The predicted octanol–water partition coefficient (Wildman–Crippen LogP) is 3.49. The Morgan fingerprint density at radius 3 is 2.60 bits per heavy atom. The summed E-state index contributed by atoms with van der Waals surface area (Å²) in [5.41, 5.74) is 1.79. The van der Waals surface area contributed by atoms with Crippen molar-refractivity contribution in [1.82, 2.24) is 15.0 Å². The summed E-state index contributed by atoms with van der Waals surface area (Å²) in [7, 11) is 3.13. The minimum Gasteiger partial charge on any atom is -0.493 e. The molecule has 3 rings (SSSR count). The molecule has 0 spiro atoms. The highest BCUT2D eigenvalue weighted by atomic mass is 16.5. The molecule has 1 amide bonds. The molecule has 0 aliphatic heterocycles. The number of likely N-dealkylation sites (N-methyl/N-ethyl adjacent to an activating group) is 1. The van der Waals surface area contributed by atoms with Crippen LogP contribution >= 0.6 is 0 Å². The molecule has 1 heterocycles. The molecular formula is C22H25N3O5. The van der Waals surface area contributed by atoms with Crippen molar-refractivity contribution < 1.29 is 23.5 Å². The lowest BCUT2D eigenvalue weighted by atomic mass is 10.2. The predicted molar refractivity (Wildman–Crippen MR) is 111 cm³/mol. The number of methoxy groups -OCH3 is 2. The van der Waals surface area contributed by atoms with Crippen molar-refractivity contribution in [3.8, 4) is 28.6 Å². The number of rotatable bonds is 9. The molecule has 8 nitrogen and oxygen atoms in total. The monoisotopic (exact) mass is 411 g/mol. The van der Waals surface area contributed by atoms with Crippen LogP contribution in [0, 0.1) is 6.92 Å². The maximum Gasteiger partial charge on any atom is 0.260 e. The summed E-state index contributed by atoms with van der Waals surface area (Å²) in [5.74, 6) is 2.43. The molecule has 0 N–H and O–H groups in total. The summed E-state index contributed by atoms with van der Waals surface area (Å²) in [4.78, 5) is 18.5. The number of carbonyl (C=O) groups is 1. The van der Waals surface area contributed by atoms with Crippen LogP contribution in [0.1, 0.15) is 18.4 Å². The Morgan fingerprint density at radius 2 is 1.90 bits per heavy atom. The SMILES string of the molecule is CCN(Cc1nc(-c2ccc(OC)c(OC)c2)no1)C(=O)COc1cccc(C)c1. The van der Waals surface area contributed by atoms with E-state index in [0.29, 0.717) is 35.5 Å². The largest absolute Gasteiger partial charge is 0.493 e. The third kappa shape index (κ3) is 5.08. The summed E-state index contributed by atoms with van der Waals surface area (Å²) in [6.07, 6.45) is 0. The summed E-state index contributed by atoms with van der Waals surface area (Å²) in [6.45, 7) is 4.49. The number of aryl methyl sites for hydroxylation is 1. The van der Waals surface area contributed by atoms with Crippen LogP contribution in [0.15, 0.2) is 47.0 Å². The van der Waals surface area contributed by atoms with Gasteiger partial charge in [0.15, 0.2) is 18.1 Å². The zero-order valence-electron chi connectivity index (χ0n) is 17.5. The highest BCUT2D eigenvalue weighted by Crippen LogP contribution is 2.31. The van der Waals surface area contributed by atoms with E-state index in [9.17, 15) is 4.79 Å². The average molecular weight is 411 g/mol. The van der Waals surface area contributed by atoms with Crippen molar-refractivity contribution in [2.45, 2.75) is 20.4 Å². The van der Waals surface area contributed by atoms with E-state index in [1.807, 2.05) is 44.2 Å². The van der Waals surface area contributed by atoms with Crippen molar-refractivity contribution in [3.63, 3.8) is 0 Å². The topological polar surface area (TPSA) is 86.9 Å². The van der Waals surface area contributed by atoms with E-state index in [0.717, 1.165) is 11.1 Å². The van der Waals surface area contributed by atoms with Gasteiger partial charge in [-0.05, 0) is 49.7 Å². The molecule has 0 saturated heterocycles. The molecule has 8 heteroatoms.